The first-order valence-electron chi connectivity index (χ1n) is 22.8. The van der Waals surface area contributed by atoms with Crippen LogP contribution < -0.4 is 0 Å². The minimum Gasteiger partial charge on any atom is -0.457 e. The van der Waals surface area contributed by atoms with Crippen LogP contribution in [0.2, 0.25) is 0 Å². The average Bonchev–Trinajstić information content (AvgIpc) is 3.22. The lowest BCUT2D eigenvalue weighted by atomic mass is 10.1. The molecule has 57 heavy (non-hydrogen) atoms. The number of carbonyl (C=O) groups excluding carboxylic acids is 1. The molecular formula is C53H84O4. The monoisotopic (exact) mass is 785 g/mol. The highest BCUT2D eigenvalue weighted by molar-refractivity contribution is 5.69. The fourth-order valence-corrected chi connectivity index (χ4v) is 5.66. The van der Waals surface area contributed by atoms with E-state index >= 15 is 0 Å². The van der Waals surface area contributed by atoms with Crippen molar-refractivity contribution in [3.8, 4) is 0 Å². The van der Waals surface area contributed by atoms with Gasteiger partial charge >= 0.3 is 5.97 Å². The van der Waals surface area contributed by atoms with E-state index in [4.69, 9.17) is 9.47 Å². The van der Waals surface area contributed by atoms with Crippen molar-refractivity contribution in [3.05, 3.63) is 134 Å². The van der Waals surface area contributed by atoms with E-state index in [1.807, 2.05) is 0 Å². The molecule has 0 spiro atoms. The van der Waals surface area contributed by atoms with Gasteiger partial charge in [-0.15, -0.1) is 0 Å². The standard InChI is InChI=1S/C53H84O4/c1-3-5-7-9-11-13-15-17-19-21-23-25-26-27-28-29-30-32-34-36-38-40-42-44-46-48-53(55)57-52(50-54)51-56-49-47-45-43-41-39-37-35-33-31-24-22-20-18-16-14-12-10-8-6-4-2/h5-8,11-14,17-20,23-25,27-28,31,35,37,41,43,52,54H,3-4,9-10,15-16,21-22,26,29-30,32-34,36,38-40,42,44-51H2,1-2H3/b7-5-,8-6-,13-11-,14-12-,19-17-,20-18-,25-23-,28-27-,31-24-,37-35-,43-41-. The molecule has 0 aliphatic heterocycles. The molecule has 0 saturated heterocycles. The van der Waals surface area contributed by atoms with Crippen molar-refractivity contribution in [3.63, 3.8) is 0 Å². The van der Waals surface area contributed by atoms with Gasteiger partial charge in [-0.1, -0.05) is 192 Å². The third-order valence-electron chi connectivity index (χ3n) is 8.97. The molecule has 0 amide bonds. The maximum absolute atomic E-state index is 12.2. The number of aliphatic hydroxyl groups is 1. The predicted octanol–water partition coefficient (Wildman–Crippen LogP) is 15.4. The molecule has 0 bridgehead atoms. The van der Waals surface area contributed by atoms with Crippen LogP contribution in [0.5, 0.6) is 0 Å². The van der Waals surface area contributed by atoms with E-state index in [0.717, 1.165) is 103 Å². The van der Waals surface area contributed by atoms with Crippen molar-refractivity contribution in [1.82, 2.24) is 0 Å². The van der Waals surface area contributed by atoms with Crippen LogP contribution in [-0.4, -0.2) is 37.0 Å². The number of aliphatic hydroxyl groups excluding tert-OH is 1. The van der Waals surface area contributed by atoms with Gasteiger partial charge in [0, 0.05) is 13.0 Å². The average molecular weight is 785 g/mol. The van der Waals surface area contributed by atoms with Gasteiger partial charge < -0.3 is 14.6 Å². The minimum absolute atomic E-state index is 0.207. The van der Waals surface area contributed by atoms with E-state index in [-0.39, 0.29) is 19.2 Å². The van der Waals surface area contributed by atoms with Gasteiger partial charge in [0.15, 0.2) is 0 Å². The van der Waals surface area contributed by atoms with Gasteiger partial charge in [0.1, 0.15) is 6.10 Å². The molecule has 1 unspecified atom stereocenters. The Hall–Kier alpha value is -3.47. The van der Waals surface area contributed by atoms with Gasteiger partial charge in [-0.05, 0) is 103 Å². The minimum atomic E-state index is -0.579. The molecule has 0 heterocycles. The predicted molar refractivity (Wildman–Crippen MR) is 250 cm³/mol. The summed E-state index contributed by atoms with van der Waals surface area (Å²) in [5.41, 5.74) is 0. The van der Waals surface area contributed by atoms with Crippen molar-refractivity contribution < 1.29 is 19.4 Å². The van der Waals surface area contributed by atoms with Crippen molar-refractivity contribution in [1.29, 1.82) is 0 Å². The molecule has 0 aromatic carbocycles. The number of hydrogen-bond donors (Lipinski definition) is 1. The molecule has 0 aliphatic carbocycles. The second-order valence-corrected chi connectivity index (χ2v) is 14.4. The normalized spacial score (nSPS) is 13.7. The molecule has 4 heteroatoms. The first kappa shape index (κ1) is 53.5. The highest BCUT2D eigenvalue weighted by Gasteiger charge is 2.13. The maximum Gasteiger partial charge on any atom is 0.306 e. The number of allylic oxidation sites excluding steroid dienone is 22. The summed E-state index contributed by atoms with van der Waals surface area (Å²) >= 11 is 0. The topological polar surface area (TPSA) is 55.8 Å². The van der Waals surface area contributed by atoms with E-state index in [9.17, 15) is 9.90 Å². The first-order valence-corrected chi connectivity index (χ1v) is 22.8. The van der Waals surface area contributed by atoms with Gasteiger partial charge in [-0.2, -0.15) is 0 Å². The number of esters is 1. The highest BCUT2D eigenvalue weighted by atomic mass is 16.6. The zero-order valence-corrected chi connectivity index (χ0v) is 36.5. The van der Waals surface area contributed by atoms with Crippen LogP contribution in [0, 0.1) is 0 Å². The Balaban J connectivity index is 3.60. The van der Waals surface area contributed by atoms with Gasteiger partial charge in [-0.25, -0.2) is 0 Å². The Morgan fingerprint density at radius 2 is 0.737 bits per heavy atom. The van der Waals surface area contributed by atoms with E-state index in [1.165, 1.54) is 44.9 Å². The second kappa shape index (κ2) is 48.7. The lowest BCUT2D eigenvalue weighted by Gasteiger charge is -2.15. The van der Waals surface area contributed by atoms with E-state index in [1.54, 1.807) is 0 Å². The fraction of sp³-hybridized carbons (Fsp3) is 0.566. The maximum atomic E-state index is 12.2. The number of hydrogen-bond acceptors (Lipinski definition) is 4. The molecule has 0 aliphatic rings. The van der Waals surface area contributed by atoms with Gasteiger partial charge in [0.05, 0.1) is 13.2 Å². The van der Waals surface area contributed by atoms with E-state index < -0.39 is 6.10 Å². The SMILES string of the molecule is CC/C=C\C/C=C\C/C=C\C/C=C\C/C=C\C/C=C\CCCOCC(CO)OC(=O)CCCCCCCCCCC/C=C\C/C=C\C/C=C\C/C=C\C/C=C\CC. The largest absolute Gasteiger partial charge is 0.457 e. The van der Waals surface area contributed by atoms with Gasteiger partial charge in [0.25, 0.3) is 0 Å². The Labute approximate surface area is 351 Å². The summed E-state index contributed by atoms with van der Waals surface area (Å²) in [7, 11) is 0. The van der Waals surface area contributed by atoms with Gasteiger partial charge in [-0.3, -0.25) is 4.79 Å². The molecule has 4 nitrogen and oxygen atoms in total. The summed E-state index contributed by atoms with van der Waals surface area (Å²) in [6.07, 6.45) is 73.8. The van der Waals surface area contributed by atoms with Crippen LogP contribution in [0.4, 0.5) is 0 Å². The van der Waals surface area contributed by atoms with Crippen molar-refractivity contribution >= 4 is 5.97 Å². The number of ether oxygens (including phenoxy) is 2. The summed E-state index contributed by atoms with van der Waals surface area (Å²) in [4.78, 5) is 12.2. The van der Waals surface area contributed by atoms with Crippen LogP contribution in [-0.2, 0) is 14.3 Å². The molecule has 1 N–H and O–H groups in total. The highest BCUT2D eigenvalue weighted by Crippen LogP contribution is 2.12. The summed E-state index contributed by atoms with van der Waals surface area (Å²) in [6, 6.07) is 0. The van der Waals surface area contributed by atoms with Crippen LogP contribution in [0.1, 0.15) is 168 Å². The van der Waals surface area contributed by atoms with Gasteiger partial charge in [0.2, 0.25) is 0 Å². The third-order valence-corrected chi connectivity index (χ3v) is 8.97. The van der Waals surface area contributed by atoms with Crippen LogP contribution >= 0.6 is 0 Å². The first-order chi connectivity index (χ1) is 28.2. The molecule has 0 aromatic rings. The summed E-state index contributed by atoms with van der Waals surface area (Å²) in [5, 5.41) is 9.62. The Kier molecular flexibility index (Phi) is 45.7. The molecule has 0 fully saturated rings. The zero-order chi connectivity index (χ0) is 41.2. The lowest BCUT2D eigenvalue weighted by Crippen LogP contribution is -2.27. The Morgan fingerprint density at radius 3 is 1.11 bits per heavy atom. The molecule has 0 radical (unpaired) electrons. The molecule has 0 aromatic heterocycles. The van der Waals surface area contributed by atoms with Crippen LogP contribution in [0.3, 0.4) is 0 Å². The van der Waals surface area contributed by atoms with Crippen LogP contribution in [0.15, 0.2) is 134 Å². The number of unbranched alkanes of at least 4 members (excludes halogenated alkanes) is 10. The van der Waals surface area contributed by atoms with E-state index in [2.05, 4.69) is 148 Å². The van der Waals surface area contributed by atoms with Crippen molar-refractivity contribution in [2.45, 2.75) is 174 Å². The molecule has 320 valence electrons. The van der Waals surface area contributed by atoms with Crippen LogP contribution in [0.25, 0.3) is 0 Å². The van der Waals surface area contributed by atoms with Crippen molar-refractivity contribution in [2.75, 3.05) is 19.8 Å². The number of rotatable bonds is 40. The molecular weight excluding hydrogens is 701 g/mol. The summed E-state index contributed by atoms with van der Waals surface area (Å²) < 4.78 is 11.1. The third kappa shape index (κ3) is 46.8. The molecule has 0 saturated carbocycles. The van der Waals surface area contributed by atoms with Crippen molar-refractivity contribution in [2.24, 2.45) is 0 Å². The molecule has 1 atom stereocenters. The number of carbonyl (C=O) groups is 1. The molecule has 0 rings (SSSR count). The Bertz CT molecular complexity index is 1190. The zero-order valence-electron chi connectivity index (χ0n) is 36.5. The quantitative estimate of drug-likeness (QED) is 0.0382. The second-order valence-electron chi connectivity index (χ2n) is 14.4. The summed E-state index contributed by atoms with van der Waals surface area (Å²) in [5.74, 6) is -0.233. The van der Waals surface area contributed by atoms with E-state index in [0.29, 0.717) is 13.0 Å². The Morgan fingerprint density at radius 1 is 0.421 bits per heavy atom. The smallest absolute Gasteiger partial charge is 0.306 e. The fourth-order valence-electron chi connectivity index (χ4n) is 5.66. The summed E-state index contributed by atoms with van der Waals surface area (Å²) in [6.45, 7) is 4.95. The lowest BCUT2D eigenvalue weighted by molar-refractivity contribution is -0.154.